The van der Waals surface area contributed by atoms with Gasteiger partial charge in [0.15, 0.2) is 0 Å². The molecule has 0 radical (unpaired) electrons. The highest BCUT2D eigenvalue weighted by Crippen LogP contribution is 2.44. The standard InChI is InChI=1S/C24H25FN2O4/c1-31-23(29)22-19(14-17-8-10-21(22)27(17)24(30)26-11-12-28)16-7-9-18(20(25)13-16)15-5-3-2-4-6-15/h2-7,9,13,17,21,28H,8,10-12,14H2,1H3,(H,26,30)/t17-,21+/m0/s1. The number of methoxy groups -OCH3 is 1. The van der Waals surface area contributed by atoms with E-state index in [4.69, 9.17) is 9.84 Å². The molecule has 2 heterocycles. The molecule has 0 aliphatic carbocycles. The molecule has 2 N–H and O–H groups in total. The molecule has 2 aliphatic heterocycles. The molecule has 6 nitrogen and oxygen atoms in total. The lowest BCUT2D eigenvalue weighted by molar-refractivity contribution is -0.136. The summed E-state index contributed by atoms with van der Waals surface area (Å²) in [6.45, 7) is -0.0159. The summed E-state index contributed by atoms with van der Waals surface area (Å²) in [4.78, 5) is 27.0. The van der Waals surface area contributed by atoms with Crippen molar-refractivity contribution >= 4 is 17.6 Å². The van der Waals surface area contributed by atoms with Crippen LogP contribution in [0.5, 0.6) is 0 Å². The van der Waals surface area contributed by atoms with Gasteiger partial charge >= 0.3 is 12.0 Å². The van der Waals surface area contributed by atoms with Crippen molar-refractivity contribution in [1.29, 1.82) is 0 Å². The van der Waals surface area contributed by atoms with Crippen molar-refractivity contribution in [1.82, 2.24) is 10.2 Å². The minimum absolute atomic E-state index is 0.0936. The fraction of sp³-hybridized carbons (Fsp3) is 0.333. The number of ether oxygens (including phenoxy) is 1. The number of fused-ring (bicyclic) bond motifs is 2. The molecule has 0 spiro atoms. The molecule has 2 aromatic rings. The highest BCUT2D eigenvalue weighted by atomic mass is 19.1. The van der Waals surface area contributed by atoms with E-state index >= 15 is 4.39 Å². The smallest absolute Gasteiger partial charge is 0.336 e. The molecule has 2 aliphatic rings. The Morgan fingerprint density at radius 1 is 1.16 bits per heavy atom. The Hall–Kier alpha value is -3.19. The van der Waals surface area contributed by atoms with E-state index in [0.29, 0.717) is 29.5 Å². The number of halogens is 1. The molecule has 0 unspecified atom stereocenters. The lowest BCUT2D eigenvalue weighted by Gasteiger charge is -2.37. The summed E-state index contributed by atoms with van der Waals surface area (Å²) in [7, 11) is 1.31. The van der Waals surface area contributed by atoms with E-state index in [2.05, 4.69) is 5.32 Å². The minimum atomic E-state index is -0.507. The van der Waals surface area contributed by atoms with Crippen molar-refractivity contribution in [2.24, 2.45) is 0 Å². The second-order valence-corrected chi connectivity index (χ2v) is 7.76. The number of benzene rings is 2. The van der Waals surface area contributed by atoms with Crippen LogP contribution in [0.2, 0.25) is 0 Å². The first-order chi connectivity index (χ1) is 15.0. The van der Waals surface area contributed by atoms with E-state index in [9.17, 15) is 9.59 Å². The average molecular weight is 424 g/mol. The number of nitrogens with zero attached hydrogens (tertiary/aromatic N) is 1. The third kappa shape index (κ3) is 3.93. The van der Waals surface area contributed by atoms with Gasteiger partial charge in [-0.25, -0.2) is 14.0 Å². The number of carbonyl (C=O) groups is 2. The Balaban J connectivity index is 1.73. The van der Waals surface area contributed by atoms with Crippen LogP contribution in [-0.4, -0.2) is 54.4 Å². The SMILES string of the molecule is COC(=O)C1=C(c2ccc(-c3ccccc3)c(F)c2)C[C@@H]2CC[C@H]1N2C(=O)NCCO. The van der Waals surface area contributed by atoms with E-state index in [1.807, 2.05) is 36.4 Å². The van der Waals surface area contributed by atoms with Crippen LogP contribution < -0.4 is 5.32 Å². The predicted octanol–water partition coefficient (Wildman–Crippen LogP) is 3.36. The molecule has 1 saturated heterocycles. The molecular formula is C24H25FN2O4. The lowest BCUT2D eigenvalue weighted by Crippen LogP contribution is -2.51. The van der Waals surface area contributed by atoms with Crippen LogP contribution >= 0.6 is 0 Å². The van der Waals surface area contributed by atoms with Crippen molar-refractivity contribution < 1.29 is 23.8 Å². The number of aliphatic hydroxyl groups is 1. The topological polar surface area (TPSA) is 78.9 Å². The fourth-order valence-electron chi connectivity index (χ4n) is 4.67. The summed E-state index contributed by atoms with van der Waals surface area (Å²) in [5, 5.41) is 11.7. The summed E-state index contributed by atoms with van der Waals surface area (Å²) in [6.07, 6.45) is 1.82. The average Bonchev–Trinajstić information content (AvgIpc) is 3.10. The van der Waals surface area contributed by atoms with Gasteiger partial charge in [0.1, 0.15) is 5.82 Å². The zero-order valence-electron chi connectivity index (χ0n) is 17.3. The predicted molar refractivity (Wildman–Crippen MR) is 115 cm³/mol. The van der Waals surface area contributed by atoms with Crippen LogP contribution in [0.4, 0.5) is 9.18 Å². The maximum absolute atomic E-state index is 15.0. The number of rotatable bonds is 5. The summed E-state index contributed by atoms with van der Waals surface area (Å²) in [5.74, 6) is -0.872. The monoisotopic (exact) mass is 424 g/mol. The zero-order chi connectivity index (χ0) is 22.0. The first kappa shape index (κ1) is 21.1. The molecule has 2 aromatic carbocycles. The van der Waals surface area contributed by atoms with Gasteiger partial charge in [-0.15, -0.1) is 0 Å². The van der Waals surface area contributed by atoms with Gasteiger partial charge in [0.2, 0.25) is 0 Å². The van der Waals surface area contributed by atoms with Gasteiger partial charge in [-0.3, -0.25) is 0 Å². The summed E-state index contributed by atoms with van der Waals surface area (Å²) in [6, 6.07) is 13.5. The Bertz CT molecular complexity index is 1020. The van der Waals surface area contributed by atoms with Crippen molar-refractivity contribution in [2.45, 2.75) is 31.3 Å². The van der Waals surface area contributed by atoms with Gasteiger partial charge < -0.3 is 20.1 Å². The normalized spacial score (nSPS) is 20.0. The van der Waals surface area contributed by atoms with Crippen LogP contribution in [0.25, 0.3) is 16.7 Å². The number of amides is 2. The number of hydrogen-bond donors (Lipinski definition) is 2. The van der Waals surface area contributed by atoms with Gasteiger partial charge in [-0.05, 0) is 42.0 Å². The maximum Gasteiger partial charge on any atom is 0.336 e. The van der Waals surface area contributed by atoms with E-state index in [1.165, 1.54) is 13.2 Å². The first-order valence-corrected chi connectivity index (χ1v) is 10.4. The van der Waals surface area contributed by atoms with E-state index in [1.54, 1.807) is 11.0 Å². The molecule has 2 amide bonds. The molecule has 0 aromatic heterocycles. The highest BCUT2D eigenvalue weighted by molar-refractivity contribution is 6.01. The molecule has 1 fully saturated rings. The Kier molecular flexibility index (Phi) is 6.04. The third-order valence-corrected chi connectivity index (χ3v) is 6.03. The Morgan fingerprint density at radius 3 is 2.61 bits per heavy atom. The van der Waals surface area contributed by atoms with Crippen LogP contribution in [0, 0.1) is 5.82 Å². The molecule has 2 bridgehead atoms. The number of carbonyl (C=O) groups excluding carboxylic acids is 2. The van der Waals surface area contributed by atoms with Gasteiger partial charge in [-0.1, -0.05) is 42.5 Å². The third-order valence-electron chi connectivity index (χ3n) is 6.03. The molecule has 4 rings (SSSR count). The second-order valence-electron chi connectivity index (χ2n) is 7.76. The molecule has 2 atom stereocenters. The Labute approximate surface area is 180 Å². The lowest BCUT2D eigenvalue weighted by atomic mass is 9.87. The number of urea groups is 1. The van der Waals surface area contributed by atoms with Gasteiger partial charge in [-0.2, -0.15) is 0 Å². The summed E-state index contributed by atoms with van der Waals surface area (Å²) >= 11 is 0. The van der Waals surface area contributed by atoms with Crippen molar-refractivity contribution in [3.63, 3.8) is 0 Å². The summed E-state index contributed by atoms with van der Waals surface area (Å²) < 4.78 is 20.1. The van der Waals surface area contributed by atoms with Crippen molar-refractivity contribution in [2.75, 3.05) is 20.3 Å². The minimum Gasteiger partial charge on any atom is -0.466 e. The molecular weight excluding hydrogens is 399 g/mol. The first-order valence-electron chi connectivity index (χ1n) is 10.4. The Morgan fingerprint density at radius 2 is 1.94 bits per heavy atom. The maximum atomic E-state index is 15.0. The largest absolute Gasteiger partial charge is 0.466 e. The van der Waals surface area contributed by atoms with Crippen molar-refractivity contribution in [3.8, 4) is 11.1 Å². The van der Waals surface area contributed by atoms with Crippen LogP contribution in [0.1, 0.15) is 24.8 Å². The number of esters is 1. The highest BCUT2D eigenvalue weighted by Gasteiger charge is 2.46. The quantitative estimate of drug-likeness (QED) is 0.722. The zero-order valence-corrected chi connectivity index (χ0v) is 17.3. The van der Waals surface area contributed by atoms with Crippen molar-refractivity contribution in [3.05, 3.63) is 65.5 Å². The van der Waals surface area contributed by atoms with Gasteiger partial charge in [0.25, 0.3) is 0 Å². The van der Waals surface area contributed by atoms with E-state index in [-0.39, 0.29) is 31.0 Å². The van der Waals surface area contributed by atoms with Gasteiger partial charge in [0.05, 0.1) is 25.3 Å². The van der Waals surface area contributed by atoms with E-state index in [0.717, 1.165) is 17.6 Å². The number of nitrogens with one attached hydrogen (secondary N) is 1. The van der Waals surface area contributed by atoms with Crippen LogP contribution in [0.15, 0.2) is 54.1 Å². The fourth-order valence-corrected chi connectivity index (χ4v) is 4.67. The van der Waals surface area contributed by atoms with Crippen LogP contribution in [0.3, 0.4) is 0 Å². The molecule has 0 saturated carbocycles. The summed E-state index contributed by atoms with van der Waals surface area (Å²) in [5.41, 5.74) is 3.04. The van der Waals surface area contributed by atoms with Gasteiger partial charge in [0, 0.05) is 18.2 Å². The van der Waals surface area contributed by atoms with E-state index < -0.39 is 12.0 Å². The molecule has 162 valence electrons. The molecule has 7 heteroatoms. The number of hydrogen-bond acceptors (Lipinski definition) is 4. The van der Waals surface area contributed by atoms with Crippen LogP contribution in [-0.2, 0) is 9.53 Å². The molecule has 31 heavy (non-hydrogen) atoms. The number of aliphatic hydroxyl groups excluding tert-OH is 1. The second kappa shape index (κ2) is 8.89.